The highest BCUT2D eigenvalue weighted by atomic mass is 16.5. The molecule has 0 N–H and O–H groups in total. The van der Waals surface area contributed by atoms with Crippen LogP contribution in [0.4, 0.5) is 0 Å². The Morgan fingerprint density at radius 2 is 1.38 bits per heavy atom. The van der Waals surface area contributed by atoms with Crippen molar-refractivity contribution < 1.29 is 13.9 Å². The summed E-state index contributed by atoms with van der Waals surface area (Å²) in [6.45, 7) is 0. The zero-order valence-corrected chi connectivity index (χ0v) is 22.1. The fourth-order valence-electron chi connectivity index (χ4n) is 8.52. The molecule has 5 aromatic heterocycles. The SMILES string of the molecule is c1cc[n+]2c(c1)-n1c3ccccc3c3ccc4c(c31)C21c2c(ccc3c2c2c(ccc[n+]21)n1c2ccccc2nc31)O4. The molecule has 0 saturated carbocycles. The molecular formula is C36H19N5O+2. The van der Waals surface area contributed by atoms with Crippen molar-refractivity contribution in [3.8, 4) is 17.3 Å². The third-order valence-electron chi connectivity index (χ3n) is 9.90. The molecule has 0 bridgehead atoms. The molecule has 42 heavy (non-hydrogen) atoms. The van der Waals surface area contributed by atoms with Gasteiger partial charge in [0.25, 0.3) is 5.82 Å². The summed E-state index contributed by atoms with van der Waals surface area (Å²) >= 11 is 0. The second-order valence-corrected chi connectivity index (χ2v) is 11.6. The molecule has 1 spiro atoms. The number of benzene rings is 4. The van der Waals surface area contributed by atoms with Gasteiger partial charge in [-0.15, -0.1) is 4.57 Å². The van der Waals surface area contributed by atoms with Gasteiger partial charge in [0.05, 0.1) is 22.6 Å². The number of para-hydroxylation sites is 3. The zero-order valence-electron chi connectivity index (χ0n) is 22.1. The molecule has 0 saturated heterocycles. The Morgan fingerprint density at radius 1 is 0.619 bits per heavy atom. The van der Waals surface area contributed by atoms with Crippen LogP contribution in [0, 0.1) is 0 Å². The van der Waals surface area contributed by atoms with E-state index in [1.54, 1.807) is 0 Å². The van der Waals surface area contributed by atoms with Crippen LogP contribution >= 0.6 is 0 Å². The molecule has 6 nitrogen and oxygen atoms in total. The van der Waals surface area contributed by atoms with Gasteiger partial charge in [0.2, 0.25) is 5.52 Å². The zero-order chi connectivity index (χ0) is 26.9. The molecule has 1 atom stereocenters. The van der Waals surface area contributed by atoms with E-state index in [0.717, 1.165) is 44.9 Å². The molecule has 1 unspecified atom stereocenters. The van der Waals surface area contributed by atoms with E-state index in [0.29, 0.717) is 0 Å². The molecule has 8 heterocycles. The molecule has 9 aromatic rings. The average molecular weight is 538 g/mol. The minimum atomic E-state index is -0.667. The normalized spacial score (nSPS) is 17.3. The Morgan fingerprint density at radius 3 is 2.33 bits per heavy atom. The standard InChI is InChI=1S/C36H19N5O/c1-3-10-24-20(8-1)21-14-16-28-32-33(21)41(24)29-13-5-6-18-38(29)36(32)31-27(42-28)17-15-22-30(31)34-26(12-7-19-39(34)36)40-25-11-4-2-9-23(25)37-35(22)40/h1-19H/q+2. The monoisotopic (exact) mass is 537 g/mol. The molecular weight excluding hydrogens is 518 g/mol. The highest BCUT2D eigenvalue weighted by Crippen LogP contribution is 2.56. The molecule has 0 radical (unpaired) electrons. The summed E-state index contributed by atoms with van der Waals surface area (Å²) in [7, 11) is 0. The van der Waals surface area contributed by atoms with Crippen molar-refractivity contribution in [3.63, 3.8) is 0 Å². The molecule has 4 aromatic carbocycles. The van der Waals surface area contributed by atoms with Crippen molar-refractivity contribution in [1.29, 1.82) is 0 Å². The molecule has 3 aliphatic rings. The fraction of sp³-hybridized carbons (Fsp3) is 0.0278. The maximum atomic E-state index is 6.87. The number of aromatic nitrogens is 5. The maximum Gasteiger partial charge on any atom is 0.374 e. The second kappa shape index (κ2) is 6.26. The van der Waals surface area contributed by atoms with Gasteiger partial charge in [-0.2, -0.15) is 9.13 Å². The Balaban J connectivity index is 1.42. The number of imidazole rings is 1. The summed E-state index contributed by atoms with van der Waals surface area (Å²) in [6, 6.07) is 36.9. The maximum absolute atomic E-state index is 6.87. The average Bonchev–Trinajstić information content (AvgIpc) is 3.70. The Kier molecular flexibility index (Phi) is 3.01. The summed E-state index contributed by atoms with van der Waals surface area (Å²) in [5.41, 5.74) is 9.52. The van der Waals surface area contributed by atoms with E-state index in [1.807, 2.05) is 0 Å². The fourth-order valence-corrected chi connectivity index (χ4v) is 8.52. The van der Waals surface area contributed by atoms with Gasteiger partial charge in [0.1, 0.15) is 33.7 Å². The van der Waals surface area contributed by atoms with Gasteiger partial charge in [-0.3, -0.25) is 4.40 Å². The van der Waals surface area contributed by atoms with Crippen LogP contribution in [-0.4, -0.2) is 14.0 Å². The van der Waals surface area contributed by atoms with Crippen LogP contribution in [0.25, 0.3) is 66.1 Å². The number of nitrogens with zero attached hydrogens (tertiary/aromatic N) is 5. The number of rotatable bonds is 0. The third kappa shape index (κ3) is 1.85. The highest BCUT2D eigenvalue weighted by molar-refractivity contribution is 6.16. The summed E-state index contributed by atoms with van der Waals surface area (Å²) in [4.78, 5) is 5.19. The van der Waals surface area contributed by atoms with Crippen molar-refractivity contribution >= 4 is 60.3 Å². The summed E-state index contributed by atoms with van der Waals surface area (Å²) < 4.78 is 16.6. The van der Waals surface area contributed by atoms with Crippen molar-refractivity contribution in [2.24, 2.45) is 0 Å². The molecule has 3 aliphatic heterocycles. The molecule has 6 heteroatoms. The van der Waals surface area contributed by atoms with Crippen molar-refractivity contribution in [1.82, 2.24) is 14.0 Å². The van der Waals surface area contributed by atoms with Gasteiger partial charge in [-0.25, -0.2) is 4.98 Å². The van der Waals surface area contributed by atoms with Crippen molar-refractivity contribution in [3.05, 3.63) is 127 Å². The van der Waals surface area contributed by atoms with Crippen LogP contribution in [0.1, 0.15) is 11.1 Å². The lowest BCUT2D eigenvalue weighted by Crippen LogP contribution is -2.75. The first-order chi connectivity index (χ1) is 20.9. The van der Waals surface area contributed by atoms with Crippen LogP contribution in [-0.2, 0) is 5.66 Å². The summed E-state index contributed by atoms with van der Waals surface area (Å²) in [5.74, 6) is 2.92. The van der Waals surface area contributed by atoms with Crippen molar-refractivity contribution in [2.75, 3.05) is 0 Å². The van der Waals surface area contributed by atoms with Crippen LogP contribution in [0.3, 0.4) is 0 Å². The van der Waals surface area contributed by atoms with E-state index >= 15 is 0 Å². The quantitative estimate of drug-likeness (QED) is 0.164. The lowest BCUT2D eigenvalue weighted by Gasteiger charge is -2.34. The van der Waals surface area contributed by atoms with Gasteiger partial charge in [0, 0.05) is 28.3 Å². The highest BCUT2D eigenvalue weighted by Gasteiger charge is 2.66. The molecule has 0 aliphatic carbocycles. The number of ether oxygens (including phenoxy) is 1. The molecule has 0 amide bonds. The second-order valence-electron chi connectivity index (χ2n) is 11.6. The minimum absolute atomic E-state index is 0.667. The number of pyridine rings is 3. The van der Waals surface area contributed by atoms with E-state index in [-0.39, 0.29) is 0 Å². The number of hydrogen-bond acceptors (Lipinski definition) is 2. The lowest BCUT2D eigenvalue weighted by atomic mass is 9.84. The number of fused-ring (bicyclic) bond motifs is 10. The third-order valence-corrected chi connectivity index (χ3v) is 9.90. The van der Waals surface area contributed by atoms with Gasteiger partial charge >= 0.3 is 5.66 Å². The van der Waals surface area contributed by atoms with E-state index in [9.17, 15) is 0 Å². The van der Waals surface area contributed by atoms with E-state index in [2.05, 4.69) is 134 Å². The summed E-state index contributed by atoms with van der Waals surface area (Å²) in [6.07, 6.45) is 4.49. The van der Waals surface area contributed by atoms with E-state index in [4.69, 9.17) is 9.72 Å². The Hall–Kier alpha value is -5.75. The van der Waals surface area contributed by atoms with Crippen molar-refractivity contribution in [2.45, 2.75) is 5.66 Å². The first-order valence-corrected chi connectivity index (χ1v) is 14.3. The molecule has 192 valence electrons. The minimum Gasteiger partial charge on any atom is -0.456 e. The van der Waals surface area contributed by atoms with E-state index < -0.39 is 5.66 Å². The van der Waals surface area contributed by atoms with E-state index in [1.165, 1.54) is 43.8 Å². The van der Waals surface area contributed by atoms with Crippen LogP contribution < -0.4 is 13.9 Å². The Bertz CT molecular complexity index is 2790. The van der Waals surface area contributed by atoms with Crippen LogP contribution in [0.15, 0.2) is 116 Å². The van der Waals surface area contributed by atoms with Crippen LogP contribution in [0.2, 0.25) is 0 Å². The summed E-state index contributed by atoms with van der Waals surface area (Å²) in [5, 5.41) is 4.83. The predicted octanol–water partition coefficient (Wildman–Crippen LogP) is 6.50. The first kappa shape index (κ1) is 20.2. The van der Waals surface area contributed by atoms with Gasteiger partial charge in [-0.1, -0.05) is 30.3 Å². The first-order valence-electron chi connectivity index (χ1n) is 14.3. The number of hydrogen-bond donors (Lipinski definition) is 0. The smallest absolute Gasteiger partial charge is 0.374 e. The lowest BCUT2D eigenvalue weighted by molar-refractivity contribution is -0.956. The van der Waals surface area contributed by atoms with Gasteiger partial charge in [-0.05, 0) is 60.7 Å². The Labute approximate surface area is 237 Å². The molecule has 12 rings (SSSR count). The van der Waals surface area contributed by atoms with Gasteiger partial charge < -0.3 is 4.74 Å². The largest absolute Gasteiger partial charge is 0.456 e. The van der Waals surface area contributed by atoms with Gasteiger partial charge in [0.15, 0.2) is 17.3 Å². The van der Waals surface area contributed by atoms with Crippen LogP contribution in [0.5, 0.6) is 11.5 Å². The molecule has 0 fully saturated rings. The topological polar surface area (TPSA) is 39.2 Å². The predicted molar refractivity (Wildman–Crippen MR) is 161 cm³/mol.